The quantitative estimate of drug-likeness (QED) is 0.781. The lowest BCUT2D eigenvalue weighted by Gasteiger charge is -2.13. The first-order chi connectivity index (χ1) is 11.6. The Hall–Kier alpha value is -2.11. The summed E-state index contributed by atoms with van der Waals surface area (Å²) in [5, 5.41) is 12.7. The number of aliphatic hydroxyl groups excluding tert-OH is 1. The molecule has 1 atom stereocenters. The van der Waals surface area contributed by atoms with Crippen LogP contribution >= 0.6 is 0 Å². The number of rotatable bonds is 8. The molecule has 1 fully saturated rings. The largest absolute Gasteiger partial charge is 0.389 e. The van der Waals surface area contributed by atoms with Crippen LogP contribution < -0.4 is 5.32 Å². The van der Waals surface area contributed by atoms with Crippen LogP contribution in [0.15, 0.2) is 42.5 Å². The molecule has 2 aromatic rings. The Morgan fingerprint density at radius 3 is 2.75 bits per heavy atom. The Morgan fingerprint density at radius 1 is 1.29 bits per heavy atom. The number of hydrogen-bond donors (Lipinski definition) is 2. The molecule has 0 saturated heterocycles. The first kappa shape index (κ1) is 16.7. The highest BCUT2D eigenvalue weighted by molar-refractivity contribution is 5.93. The van der Waals surface area contributed by atoms with Gasteiger partial charge in [-0.3, -0.25) is 4.79 Å². The molecule has 1 aromatic heterocycles. The predicted octanol–water partition coefficient (Wildman–Crippen LogP) is 2.21. The number of benzene rings is 1. The average Bonchev–Trinajstić information content (AvgIpc) is 3.34. The fraction of sp³-hybridized carbons (Fsp3) is 0.421. The number of amides is 1. The fourth-order valence-electron chi connectivity index (χ4n) is 2.65. The van der Waals surface area contributed by atoms with E-state index in [9.17, 15) is 9.90 Å². The fourth-order valence-corrected chi connectivity index (χ4v) is 2.65. The minimum atomic E-state index is -0.679. The summed E-state index contributed by atoms with van der Waals surface area (Å²) in [6.45, 7) is 1.16. The number of hydrogen-bond acceptors (Lipinski definition) is 3. The van der Waals surface area contributed by atoms with Crippen LogP contribution in [0, 0.1) is 5.92 Å². The van der Waals surface area contributed by atoms with E-state index in [1.54, 1.807) is 6.07 Å². The average molecular weight is 328 g/mol. The third-order valence-electron chi connectivity index (χ3n) is 4.28. The minimum absolute atomic E-state index is 0.190. The Morgan fingerprint density at radius 2 is 2.04 bits per heavy atom. The van der Waals surface area contributed by atoms with Gasteiger partial charge in [0.05, 0.1) is 12.7 Å². The molecule has 1 aromatic carbocycles. The number of aliphatic hydroxyl groups is 1. The van der Waals surface area contributed by atoms with Crippen molar-refractivity contribution >= 4 is 5.91 Å². The second-order valence-electron chi connectivity index (χ2n) is 6.37. The summed E-state index contributed by atoms with van der Waals surface area (Å²) in [7, 11) is 1.87. The van der Waals surface area contributed by atoms with Crippen molar-refractivity contribution in [3.8, 4) is 11.3 Å². The molecule has 1 heterocycles. The van der Waals surface area contributed by atoms with Gasteiger partial charge in [-0.1, -0.05) is 30.3 Å². The van der Waals surface area contributed by atoms with E-state index in [0.29, 0.717) is 18.2 Å². The second kappa shape index (κ2) is 7.64. The minimum Gasteiger partial charge on any atom is -0.389 e. The van der Waals surface area contributed by atoms with Crippen molar-refractivity contribution < 1.29 is 14.6 Å². The van der Waals surface area contributed by atoms with Gasteiger partial charge in [0, 0.05) is 25.9 Å². The lowest BCUT2D eigenvalue weighted by Crippen LogP contribution is -2.35. The maximum atomic E-state index is 12.3. The molecule has 3 rings (SSSR count). The van der Waals surface area contributed by atoms with Crippen LogP contribution in [-0.4, -0.2) is 41.4 Å². The molecule has 128 valence electrons. The van der Waals surface area contributed by atoms with Crippen LogP contribution in [-0.2, 0) is 11.8 Å². The van der Waals surface area contributed by atoms with Crippen molar-refractivity contribution in [3.05, 3.63) is 48.2 Å². The molecule has 1 aliphatic carbocycles. The molecular weight excluding hydrogens is 304 g/mol. The number of carbonyl (C=O) groups is 1. The molecule has 2 N–H and O–H groups in total. The number of aromatic nitrogens is 1. The Bertz CT molecular complexity index is 677. The summed E-state index contributed by atoms with van der Waals surface area (Å²) >= 11 is 0. The molecule has 1 amide bonds. The SMILES string of the molecule is Cn1c(C(=O)NCC(O)COCC2CC2)ccc1-c1ccccc1. The number of nitrogens with one attached hydrogen (secondary N) is 1. The van der Waals surface area contributed by atoms with E-state index in [2.05, 4.69) is 5.32 Å². The van der Waals surface area contributed by atoms with Crippen LogP contribution in [0.1, 0.15) is 23.3 Å². The van der Waals surface area contributed by atoms with Crippen LogP contribution in [0.3, 0.4) is 0 Å². The standard InChI is InChI=1S/C19H24N2O3/c1-21-17(15-5-3-2-4-6-15)9-10-18(21)19(23)20-11-16(22)13-24-12-14-7-8-14/h2-6,9-10,14,16,22H,7-8,11-13H2,1H3,(H,20,23). The van der Waals surface area contributed by atoms with E-state index in [-0.39, 0.29) is 19.1 Å². The highest BCUT2D eigenvalue weighted by Gasteiger charge is 2.21. The predicted molar refractivity (Wildman–Crippen MR) is 92.7 cm³/mol. The van der Waals surface area contributed by atoms with E-state index < -0.39 is 6.10 Å². The first-order valence-electron chi connectivity index (χ1n) is 8.40. The summed E-state index contributed by atoms with van der Waals surface area (Å²) in [5.41, 5.74) is 2.61. The summed E-state index contributed by atoms with van der Waals surface area (Å²) in [6, 6.07) is 13.7. The van der Waals surface area contributed by atoms with Gasteiger partial charge in [-0.25, -0.2) is 0 Å². The monoisotopic (exact) mass is 328 g/mol. The zero-order valence-electron chi connectivity index (χ0n) is 13.9. The molecule has 5 heteroatoms. The van der Waals surface area contributed by atoms with Gasteiger partial charge < -0.3 is 19.7 Å². The van der Waals surface area contributed by atoms with Crippen LogP contribution in [0.4, 0.5) is 0 Å². The van der Waals surface area contributed by atoms with E-state index >= 15 is 0 Å². The highest BCUT2D eigenvalue weighted by atomic mass is 16.5. The molecule has 24 heavy (non-hydrogen) atoms. The van der Waals surface area contributed by atoms with Crippen LogP contribution in [0.25, 0.3) is 11.3 Å². The summed E-state index contributed by atoms with van der Waals surface area (Å²) < 4.78 is 7.30. The molecule has 0 bridgehead atoms. The van der Waals surface area contributed by atoms with Crippen molar-refractivity contribution in [1.82, 2.24) is 9.88 Å². The second-order valence-corrected chi connectivity index (χ2v) is 6.37. The van der Waals surface area contributed by atoms with Gasteiger partial charge in [0.25, 0.3) is 5.91 Å². The van der Waals surface area contributed by atoms with E-state index in [1.165, 1.54) is 12.8 Å². The van der Waals surface area contributed by atoms with Crippen molar-refractivity contribution in [3.63, 3.8) is 0 Å². The third kappa shape index (κ3) is 4.24. The van der Waals surface area contributed by atoms with Crippen molar-refractivity contribution in [1.29, 1.82) is 0 Å². The molecule has 1 aliphatic rings. The van der Waals surface area contributed by atoms with E-state index in [0.717, 1.165) is 11.3 Å². The Labute approximate surface area is 142 Å². The topological polar surface area (TPSA) is 63.5 Å². The van der Waals surface area contributed by atoms with E-state index in [1.807, 2.05) is 48.0 Å². The molecule has 0 aliphatic heterocycles. The molecule has 0 spiro atoms. The first-order valence-corrected chi connectivity index (χ1v) is 8.40. The van der Waals surface area contributed by atoms with Gasteiger partial charge in [0.1, 0.15) is 5.69 Å². The Kier molecular flexibility index (Phi) is 5.33. The number of nitrogens with zero attached hydrogens (tertiary/aromatic N) is 1. The van der Waals surface area contributed by atoms with Crippen LogP contribution in [0.5, 0.6) is 0 Å². The van der Waals surface area contributed by atoms with Crippen molar-refractivity contribution in [2.45, 2.75) is 18.9 Å². The van der Waals surface area contributed by atoms with Gasteiger partial charge in [0.2, 0.25) is 0 Å². The van der Waals surface area contributed by atoms with Crippen LogP contribution in [0.2, 0.25) is 0 Å². The van der Waals surface area contributed by atoms with Crippen molar-refractivity contribution in [2.75, 3.05) is 19.8 Å². The number of ether oxygens (including phenoxy) is 1. The van der Waals surface area contributed by atoms with Gasteiger partial charge in [0.15, 0.2) is 0 Å². The van der Waals surface area contributed by atoms with Gasteiger partial charge in [-0.15, -0.1) is 0 Å². The summed E-state index contributed by atoms with van der Waals surface area (Å²) in [6.07, 6.45) is 1.77. The van der Waals surface area contributed by atoms with Gasteiger partial charge in [-0.2, -0.15) is 0 Å². The number of carbonyl (C=O) groups excluding carboxylic acids is 1. The lowest BCUT2D eigenvalue weighted by molar-refractivity contribution is 0.0320. The third-order valence-corrected chi connectivity index (χ3v) is 4.28. The Balaban J connectivity index is 1.52. The maximum Gasteiger partial charge on any atom is 0.268 e. The molecule has 0 radical (unpaired) electrons. The van der Waals surface area contributed by atoms with Gasteiger partial charge in [-0.05, 0) is 36.5 Å². The molecular formula is C19H24N2O3. The smallest absolute Gasteiger partial charge is 0.268 e. The maximum absolute atomic E-state index is 12.3. The normalized spacial score (nSPS) is 15.2. The molecule has 1 unspecified atom stereocenters. The zero-order chi connectivity index (χ0) is 16.9. The molecule has 1 saturated carbocycles. The molecule has 5 nitrogen and oxygen atoms in total. The summed E-state index contributed by atoms with van der Waals surface area (Å²) in [4.78, 5) is 12.3. The highest BCUT2D eigenvalue weighted by Crippen LogP contribution is 2.28. The van der Waals surface area contributed by atoms with Gasteiger partial charge >= 0.3 is 0 Å². The summed E-state index contributed by atoms with van der Waals surface area (Å²) in [5.74, 6) is 0.479. The lowest BCUT2D eigenvalue weighted by atomic mass is 10.2. The van der Waals surface area contributed by atoms with E-state index in [4.69, 9.17) is 4.74 Å². The zero-order valence-corrected chi connectivity index (χ0v) is 13.9. The van der Waals surface area contributed by atoms with Crippen molar-refractivity contribution in [2.24, 2.45) is 13.0 Å².